The highest BCUT2D eigenvalue weighted by Crippen LogP contribution is 2.43. The second kappa shape index (κ2) is 13.4. The fourth-order valence-electron chi connectivity index (χ4n) is 8.08. The van der Waals surface area contributed by atoms with E-state index in [9.17, 15) is 0 Å². The number of fused-ring (bicyclic) bond motifs is 4. The van der Waals surface area contributed by atoms with Crippen LogP contribution < -0.4 is 4.90 Å². The predicted molar refractivity (Wildman–Crippen MR) is 229 cm³/mol. The third-order valence-electron chi connectivity index (χ3n) is 10.6. The van der Waals surface area contributed by atoms with E-state index in [-0.39, 0.29) is 0 Å². The summed E-state index contributed by atoms with van der Waals surface area (Å²) >= 11 is 0. The Kier molecular flexibility index (Phi) is 7.85. The molecule has 10 rings (SSSR count). The van der Waals surface area contributed by atoms with Gasteiger partial charge < -0.3 is 9.47 Å². The lowest BCUT2D eigenvalue weighted by atomic mass is 9.91. The smallest absolute Gasteiger partial charge is 0.0547 e. The minimum Gasteiger partial charge on any atom is -0.310 e. The Hall–Kier alpha value is -7.16. The molecule has 0 bridgehead atoms. The highest BCUT2D eigenvalue weighted by atomic mass is 15.1. The normalized spacial score (nSPS) is 11.3. The Morgan fingerprint density at radius 3 is 1.74 bits per heavy atom. The average Bonchev–Trinajstić information content (AvgIpc) is 3.59. The minimum atomic E-state index is 1.10. The largest absolute Gasteiger partial charge is 0.310 e. The Morgan fingerprint density at radius 1 is 0.315 bits per heavy atom. The van der Waals surface area contributed by atoms with Gasteiger partial charge in [-0.3, -0.25) is 0 Å². The number of rotatable bonds is 7. The van der Waals surface area contributed by atoms with Crippen LogP contribution in [-0.4, -0.2) is 4.57 Å². The number of nitrogens with zero attached hydrogens (tertiary/aromatic N) is 2. The number of aromatic nitrogens is 1. The molecule has 0 atom stereocenters. The van der Waals surface area contributed by atoms with Crippen LogP contribution in [0.5, 0.6) is 0 Å². The molecule has 254 valence electrons. The summed E-state index contributed by atoms with van der Waals surface area (Å²) in [6, 6.07) is 78.8. The summed E-state index contributed by atoms with van der Waals surface area (Å²) in [4.78, 5) is 2.35. The van der Waals surface area contributed by atoms with Crippen molar-refractivity contribution in [2.45, 2.75) is 0 Å². The summed E-state index contributed by atoms with van der Waals surface area (Å²) in [7, 11) is 0. The molecule has 0 aliphatic heterocycles. The lowest BCUT2D eigenvalue weighted by molar-refractivity contribution is 1.18. The Balaban J connectivity index is 1.09. The molecule has 0 spiro atoms. The van der Waals surface area contributed by atoms with E-state index in [2.05, 4.69) is 228 Å². The van der Waals surface area contributed by atoms with Crippen LogP contribution in [0.2, 0.25) is 0 Å². The summed E-state index contributed by atoms with van der Waals surface area (Å²) < 4.78 is 2.39. The fraction of sp³-hybridized carbons (Fsp3) is 0. The molecule has 0 saturated carbocycles. The van der Waals surface area contributed by atoms with Crippen LogP contribution in [0.3, 0.4) is 0 Å². The van der Waals surface area contributed by atoms with Crippen molar-refractivity contribution in [3.63, 3.8) is 0 Å². The van der Waals surface area contributed by atoms with Crippen LogP contribution in [0.15, 0.2) is 218 Å². The maximum absolute atomic E-state index is 2.39. The van der Waals surface area contributed by atoms with Gasteiger partial charge in [-0.1, -0.05) is 152 Å². The number of para-hydroxylation sites is 3. The minimum absolute atomic E-state index is 1.10. The van der Waals surface area contributed by atoms with E-state index in [1.54, 1.807) is 0 Å². The first-order valence-electron chi connectivity index (χ1n) is 18.5. The second-order valence-electron chi connectivity index (χ2n) is 13.8. The molecule has 0 saturated heterocycles. The van der Waals surface area contributed by atoms with Gasteiger partial charge in [0.1, 0.15) is 0 Å². The van der Waals surface area contributed by atoms with Crippen molar-refractivity contribution >= 4 is 49.6 Å². The fourth-order valence-corrected chi connectivity index (χ4v) is 8.08. The molecule has 0 aliphatic rings. The second-order valence-corrected chi connectivity index (χ2v) is 13.8. The predicted octanol–water partition coefficient (Wildman–Crippen LogP) is 14.4. The molecule has 0 radical (unpaired) electrons. The number of anilines is 3. The molecule has 54 heavy (non-hydrogen) atoms. The number of hydrogen-bond acceptors (Lipinski definition) is 1. The van der Waals surface area contributed by atoms with Crippen molar-refractivity contribution in [1.29, 1.82) is 0 Å². The molecular weight excluding hydrogens is 653 g/mol. The SMILES string of the molecule is c1ccc(N(c2ccc(-c3ccc4ccccc4c3)cc2)c2cccc(-c3ccccc3-c3cccc4c3c3ccccc3n4-c3ccccc3)c2)cc1. The van der Waals surface area contributed by atoms with Gasteiger partial charge in [0.15, 0.2) is 0 Å². The monoisotopic (exact) mass is 688 g/mol. The van der Waals surface area contributed by atoms with Crippen LogP contribution in [0.4, 0.5) is 17.1 Å². The molecule has 2 nitrogen and oxygen atoms in total. The van der Waals surface area contributed by atoms with E-state index in [4.69, 9.17) is 0 Å². The zero-order chi connectivity index (χ0) is 35.8. The first-order valence-corrected chi connectivity index (χ1v) is 18.5. The van der Waals surface area contributed by atoms with Crippen LogP contribution in [-0.2, 0) is 0 Å². The molecule has 0 amide bonds. The van der Waals surface area contributed by atoms with Crippen molar-refractivity contribution in [2.24, 2.45) is 0 Å². The van der Waals surface area contributed by atoms with Gasteiger partial charge in [0.2, 0.25) is 0 Å². The van der Waals surface area contributed by atoms with E-state index < -0.39 is 0 Å². The van der Waals surface area contributed by atoms with E-state index in [1.165, 1.54) is 66.0 Å². The van der Waals surface area contributed by atoms with Crippen molar-refractivity contribution in [3.8, 4) is 39.1 Å². The molecule has 0 fully saturated rings. The van der Waals surface area contributed by atoms with Crippen molar-refractivity contribution < 1.29 is 0 Å². The lowest BCUT2D eigenvalue weighted by Gasteiger charge is -2.26. The number of hydrogen-bond donors (Lipinski definition) is 0. The maximum Gasteiger partial charge on any atom is 0.0547 e. The Labute approximate surface area is 315 Å². The van der Waals surface area contributed by atoms with E-state index in [0.717, 1.165) is 22.7 Å². The average molecular weight is 689 g/mol. The van der Waals surface area contributed by atoms with E-state index in [1.807, 2.05) is 0 Å². The zero-order valence-corrected chi connectivity index (χ0v) is 29.7. The first kappa shape index (κ1) is 31.6. The van der Waals surface area contributed by atoms with Crippen LogP contribution in [0.1, 0.15) is 0 Å². The summed E-state index contributed by atoms with van der Waals surface area (Å²) in [6.07, 6.45) is 0. The van der Waals surface area contributed by atoms with Gasteiger partial charge in [-0.2, -0.15) is 0 Å². The highest BCUT2D eigenvalue weighted by Gasteiger charge is 2.19. The highest BCUT2D eigenvalue weighted by molar-refractivity contribution is 6.16. The van der Waals surface area contributed by atoms with Crippen LogP contribution >= 0.6 is 0 Å². The van der Waals surface area contributed by atoms with Gasteiger partial charge in [-0.05, 0) is 111 Å². The molecule has 0 aliphatic carbocycles. The van der Waals surface area contributed by atoms with E-state index in [0.29, 0.717) is 0 Å². The summed E-state index contributed by atoms with van der Waals surface area (Å²) in [5, 5.41) is 5.02. The van der Waals surface area contributed by atoms with Crippen molar-refractivity contribution in [2.75, 3.05) is 4.90 Å². The summed E-state index contributed by atoms with van der Waals surface area (Å²) in [5.41, 5.74) is 14.1. The molecule has 2 heteroatoms. The third kappa shape index (κ3) is 5.53. The lowest BCUT2D eigenvalue weighted by Crippen LogP contribution is -2.09. The van der Waals surface area contributed by atoms with Gasteiger partial charge in [0.05, 0.1) is 11.0 Å². The van der Waals surface area contributed by atoms with Gasteiger partial charge in [0.25, 0.3) is 0 Å². The summed E-state index contributed by atoms with van der Waals surface area (Å²) in [6.45, 7) is 0. The topological polar surface area (TPSA) is 8.17 Å². The van der Waals surface area contributed by atoms with Gasteiger partial charge >= 0.3 is 0 Å². The molecule has 10 aromatic rings. The molecule has 9 aromatic carbocycles. The quantitative estimate of drug-likeness (QED) is 0.162. The molecule has 0 N–H and O–H groups in total. The number of benzene rings is 9. The van der Waals surface area contributed by atoms with Crippen LogP contribution in [0.25, 0.3) is 71.6 Å². The summed E-state index contributed by atoms with van der Waals surface area (Å²) in [5.74, 6) is 0. The van der Waals surface area contributed by atoms with E-state index >= 15 is 0 Å². The zero-order valence-electron chi connectivity index (χ0n) is 29.7. The Bertz CT molecular complexity index is 2920. The molecule has 1 aromatic heterocycles. The first-order chi connectivity index (χ1) is 26.8. The maximum atomic E-state index is 2.39. The molecular formula is C52H36N2. The van der Waals surface area contributed by atoms with Crippen LogP contribution in [0, 0.1) is 0 Å². The van der Waals surface area contributed by atoms with Crippen molar-refractivity contribution in [1.82, 2.24) is 4.57 Å². The Morgan fingerprint density at radius 2 is 0.907 bits per heavy atom. The van der Waals surface area contributed by atoms with Gasteiger partial charge in [-0.25, -0.2) is 0 Å². The molecule has 1 heterocycles. The molecule has 0 unspecified atom stereocenters. The van der Waals surface area contributed by atoms with Gasteiger partial charge in [-0.15, -0.1) is 0 Å². The van der Waals surface area contributed by atoms with Crippen molar-refractivity contribution in [3.05, 3.63) is 218 Å². The van der Waals surface area contributed by atoms with Gasteiger partial charge in [0, 0.05) is 33.5 Å². The standard InChI is InChI=1S/C52H36N2/c1-3-18-42(19-4-1)53(44-33-31-38(32-34-44)40-30-29-37-15-7-8-16-39(37)35-40)45-22-13-17-41(36-45)46-23-9-10-24-47(46)48-26-14-28-51-52(48)49-25-11-12-27-50(49)54(51)43-20-5-2-6-21-43/h1-36H. The third-order valence-corrected chi connectivity index (χ3v) is 10.6.